The fourth-order valence-electron chi connectivity index (χ4n) is 1.99. The lowest BCUT2D eigenvalue weighted by atomic mass is 10.1. The summed E-state index contributed by atoms with van der Waals surface area (Å²) in [5.41, 5.74) is 7.94. The van der Waals surface area contributed by atoms with Gasteiger partial charge in [-0.3, -0.25) is 4.79 Å². The largest absolute Gasteiger partial charge is 0.399 e. The zero-order valence-electron chi connectivity index (χ0n) is 13.3. The first-order chi connectivity index (χ1) is 10.0. The lowest BCUT2D eigenvalue weighted by Crippen LogP contribution is -2.33. The van der Waals surface area contributed by atoms with Crippen LogP contribution in [0.4, 0.5) is 11.4 Å². The third-order valence-electron chi connectivity index (χ3n) is 3.13. The van der Waals surface area contributed by atoms with E-state index in [2.05, 4.69) is 4.90 Å². The average molecular weight is 295 g/mol. The molecule has 0 heterocycles. The molecule has 2 N–H and O–H groups in total. The molecule has 0 aliphatic carbocycles. The second-order valence-electron chi connectivity index (χ2n) is 4.95. The molecule has 0 aliphatic rings. The number of nitrogens with two attached hydrogens (primary N) is 1. The molecular weight excluding hydrogens is 270 g/mol. The topological polar surface area (TPSA) is 68.0 Å². The van der Waals surface area contributed by atoms with Gasteiger partial charge in [0.05, 0.1) is 24.5 Å². The number of anilines is 2. The molecule has 118 valence electrons. The molecular formula is C15H25N3O3. The van der Waals surface area contributed by atoms with E-state index in [0.717, 1.165) is 5.69 Å². The summed E-state index contributed by atoms with van der Waals surface area (Å²) in [4.78, 5) is 15.9. The first kappa shape index (κ1) is 17.3. The predicted octanol–water partition coefficient (Wildman–Crippen LogP) is 1.07. The van der Waals surface area contributed by atoms with Crippen molar-refractivity contribution in [3.63, 3.8) is 0 Å². The lowest BCUT2D eigenvalue weighted by Gasteiger charge is -2.27. The van der Waals surface area contributed by atoms with Gasteiger partial charge in [-0.2, -0.15) is 0 Å². The quantitative estimate of drug-likeness (QED) is 0.727. The summed E-state index contributed by atoms with van der Waals surface area (Å²) in [7, 11) is 6.77. The summed E-state index contributed by atoms with van der Waals surface area (Å²) in [6.07, 6.45) is 0. The van der Waals surface area contributed by atoms with Crippen molar-refractivity contribution in [1.29, 1.82) is 0 Å². The number of ether oxygens (including phenoxy) is 2. The molecule has 0 aromatic heterocycles. The van der Waals surface area contributed by atoms with Gasteiger partial charge in [-0.15, -0.1) is 0 Å². The molecule has 1 amide bonds. The molecule has 0 spiro atoms. The molecule has 1 rings (SSSR count). The van der Waals surface area contributed by atoms with Crippen molar-refractivity contribution >= 4 is 17.3 Å². The van der Waals surface area contributed by atoms with E-state index in [1.54, 1.807) is 45.3 Å². The van der Waals surface area contributed by atoms with Crippen LogP contribution in [0.2, 0.25) is 0 Å². The number of methoxy groups -OCH3 is 2. The van der Waals surface area contributed by atoms with Gasteiger partial charge in [0.1, 0.15) is 0 Å². The van der Waals surface area contributed by atoms with E-state index in [1.807, 2.05) is 6.07 Å². The minimum absolute atomic E-state index is 0.0511. The standard InChI is InChI=1S/C15H25N3O3/c1-17(2)15(19)13-6-5-12(16)11-14(13)18(7-9-20-3)8-10-21-4/h5-6,11H,7-10,16H2,1-4H3. The Hall–Kier alpha value is -1.79. The van der Waals surface area contributed by atoms with Crippen LogP contribution >= 0.6 is 0 Å². The molecule has 0 aliphatic heterocycles. The number of carbonyl (C=O) groups excluding carboxylic acids is 1. The first-order valence-corrected chi connectivity index (χ1v) is 6.85. The molecule has 0 unspecified atom stereocenters. The number of amides is 1. The summed E-state index contributed by atoms with van der Waals surface area (Å²) in [6.45, 7) is 2.45. The SMILES string of the molecule is COCCN(CCOC)c1cc(N)ccc1C(=O)N(C)C. The highest BCUT2D eigenvalue weighted by atomic mass is 16.5. The molecule has 0 saturated carbocycles. The molecule has 0 radical (unpaired) electrons. The maximum atomic E-state index is 12.3. The van der Waals surface area contributed by atoms with Gasteiger partial charge in [0.25, 0.3) is 5.91 Å². The smallest absolute Gasteiger partial charge is 0.255 e. The van der Waals surface area contributed by atoms with Gasteiger partial charge in [0.2, 0.25) is 0 Å². The van der Waals surface area contributed by atoms with Crippen molar-refractivity contribution in [3.8, 4) is 0 Å². The monoisotopic (exact) mass is 295 g/mol. The van der Waals surface area contributed by atoms with Crippen LogP contribution in [0.15, 0.2) is 18.2 Å². The van der Waals surface area contributed by atoms with Crippen LogP contribution in [0.5, 0.6) is 0 Å². The Bertz CT molecular complexity index is 455. The Morgan fingerprint density at radius 2 is 1.71 bits per heavy atom. The Morgan fingerprint density at radius 3 is 2.19 bits per heavy atom. The first-order valence-electron chi connectivity index (χ1n) is 6.85. The van der Waals surface area contributed by atoms with Crippen molar-refractivity contribution in [2.24, 2.45) is 0 Å². The number of benzene rings is 1. The minimum Gasteiger partial charge on any atom is -0.399 e. The zero-order chi connectivity index (χ0) is 15.8. The van der Waals surface area contributed by atoms with Crippen molar-refractivity contribution in [2.75, 3.05) is 65.3 Å². The minimum atomic E-state index is -0.0511. The third kappa shape index (κ3) is 4.91. The maximum absolute atomic E-state index is 12.3. The van der Waals surface area contributed by atoms with Gasteiger partial charge < -0.3 is 25.0 Å². The van der Waals surface area contributed by atoms with Crippen LogP contribution in [0.25, 0.3) is 0 Å². The highest BCUT2D eigenvalue weighted by Gasteiger charge is 2.18. The molecule has 21 heavy (non-hydrogen) atoms. The fraction of sp³-hybridized carbons (Fsp3) is 0.533. The van der Waals surface area contributed by atoms with Gasteiger partial charge in [0.15, 0.2) is 0 Å². The Labute approximate surface area is 126 Å². The lowest BCUT2D eigenvalue weighted by molar-refractivity contribution is 0.0828. The summed E-state index contributed by atoms with van der Waals surface area (Å²) >= 11 is 0. The number of hydrogen-bond donors (Lipinski definition) is 1. The molecule has 1 aromatic rings. The van der Waals surface area contributed by atoms with E-state index in [9.17, 15) is 4.79 Å². The van der Waals surface area contributed by atoms with Crippen LogP contribution in [-0.4, -0.2) is 65.4 Å². The summed E-state index contributed by atoms with van der Waals surface area (Å²) in [5, 5.41) is 0. The van der Waals surface area contributed by atoms with Crippen LogP contribution in [0.1, 0.15) is 10.4 Å². The van der Waals surface area contributed by atoms with E-state index in [-0.39, 0.29) is 5.91 Å². The third-order valence-corrected chi connectivity index (χ3v) is 3.13. The van der Waals surface area contributed by atoms with E-state index in [4.69, 9.17) is 15.2 Å². The average Bonchev–Trinajstić information content (AvgIpc) is 2.46. The van der Waals surface area contributed by atoms with Gasteiger partial charge in [-0.25, -0.2) is 0 Å². The summed E-state index contributed by atoms with van der Waals surface area (Å²) in [5.74, 6) is -0.0511. The molecule has 0 fully saturated rings. The molecule has 1 aromatic carbocycles. The fourth-order valence-corrected chi connectivity index (χ4v) is 1.99. The number of nitrogens with zero attached hydrogens (tertiary/aromatic N) is 2. The van der Waals surface area contributed by atoms with Crippen LogP contribution in [-0.2, 0) is 9.47 Å². The van der Waals surface area contributed by atoms with Gasteiger partial charge in [-0.1, -0.05) is 0 Å². The van der Waals surface area contributed by atoms with E-state index >= 15 is 0 Å². The van der Waals surface area contributed by atoms with E-state index in [1.165, 1.54) is 0 Å². The Morgan fingerprint density at radius 1 is 1.14 bits per heavy atom. The number of nitrogen functional groups attached to an aromatic ring is 1. The molecule has 0 saturated heterocycles. The van der Waals surface area contributed by atoms with Gasteiger partial charge in [0, 0.05) is 47.1 Å². The second kappa shape index (κ2) is 8.49. The van der Waals surface area contributed by atoms with Gasteiger partial charge >= 0.3 is 0 Å². The van der Waals surface area contributed by atoms with Crippen molar-refractivity contribution in [3.05, 3.63) is 23.8 Å². The zero-order valence-corrected chi connectivity index (χ0v) is 13.3. The van der Waals surface area contributed by atoms with Crippen LogP contribution in [0, 0.1) is 0 Å². The number of carbonyl (C=O) groups is 1. The van der Waals surface area contributed by atoms with Crippen LogP contribution in [0.3, 0.4) is 0 Å². The summed E-state index contributed by atoms with van der Waals surface area (Å²) < 4.78 is 10.3. The number of hydrogen-bond acceptors (Lipinski definition) is 5. The van der Waals surface area contributed by atoms with Crippen LogP contribution < -0.4 is 10.6 Å². The van der Waals surface area contributed by atoms with E-state index < -0.39 is 0 Å². The number of rotatable bonds is 8. The highest BCUT2D eigenvalue weighted by Crippen LogP contribution is 2.24. The molecule has 6 nitrogen and oxygen atoms in total. The predicted molar refractivity (Wildman–Crippen MR) is 84.8 cm³/mol. The summed E-state index contributed by atoms with van der Waals surface area (Å²) in [6, 6.07) is 5.33. The molecule has 6 heteroatoms. The normalized spacial score (nSPS) is 10.5. The van der Waals surface area contributed by atoms with E-state index in [0.29, 0.717) is 37.6 Å². The second-order valence-corrected chi connectivity index (χ2v) is 4.95. The molecule has 0 bridgehead atoms. The van der Waals surface area contributed by atoms with Crippen molar-refractivity contribution < 1.29 is 14.3 Å². The van der Waals surface area contributed by atoms with Crippen molar-refractivity contribution in [1.82, 2.24) is 4.90 Å². The maximum Gasteiger partial charge on any atom is 0.255 e. The Kier molecular flexibility index (Phi) is 6.98. The van der Waals surface area contributed by atoms with Gasteiger partial charge in [-0.05, 0) is 18.2 Å². The molecule has 0 atom stereocenters. The highest BCUT2D eigenvalue weighted by molar-refractivity contribution is 6.00. The van der Waals surface area contributed by atoms with Crippen molar-refractivity contribution in [2.45, 2.75) is 0 Å². The Balaban J connectivity index is 3.13.